The summed E-state index contributed by atoms with van der Waals surface area (Å²) in [6.45, 7) is 6.69. The number of rotatable bonds is 16. The summed E-state index contributed by atoms with van der Waals surface area (Å²) in [6.07, 6.45) is 14.1. The number of carbonyl (C=O) groups excluding carboxylic acids is 2. The van der Waals surface area contributed by atoms with Gasteiger partial charge in [-0.15, -0.1) is 0 Å². The Balaban J connectivity index is 1.25. The van der Waals surface area contributed by atoms with E-state index < -0.39 is 24.0 Å². The highest BCUT2D eigenvalue weighted by molar-refractivity contribution is 5.86. The number of piperidine rings is 1. The molecule has 0 aromatic heterocycles. The van der Waals surface area contributed by atoms with E-state index in [9.17, 15) is 9.59 Å². The van der Waals surface area contributed by atoms with Crippen molar-refractivity contribution in [3.05, 3.63) is 71.8 Å². The molecule has 0 aliphatic carbocycles. The Morgan fingerprint density at radius 3 is 1.89 bits per heavy atom. The number of unbranched alkanes of at least 4 members (excludes halogenated alkanes) is 7. The van der Waals surface area contributed by atoms with E-state index in [1.54, 1.807) is 6.92 Å². The average Bonchev–Trinajstić information content (AvgIpc) is 3.60. The molecule has 7 heteroatoms. The lowest BCUT2D eigenvalue weighted by atomic mass is 9.85. The number of nitrogens with zero attached hydrogens (tertiary/aromatic N) is 1. The molecule has 0 amide bonds. The van der Waals surface area contributed by atoms with Gasteiger partial charge in [-0.25, -0.2) is 9.59 Å². The SMILES string of the molecule is CCCCCCCCCCOC(=O)OC(C)OC(C(=O)OC1CC2CCC(C1)[N+]21CCCC1)(c1ccccc1)c1ccccc1. The summed E-state index contributed by atoms with van der Waals surface area (Å²) < 4.78 is 25.2. The van der Waals surface area contributed by atoms with Crippen LogP contribution in [0.2, 0.25) is 0 Å². The normalized spacial score (nSPS) is 22.7. The largest absolute Gasteiger partial charge is 0.510 e. The molecule has 0 radical (unpaired) electrons. The molecule has 3 unspecified atom stereocenters. The smallest absolute Gasteiger partial charge is 0.459 e. The highest BCUT2D eigenvalue weighted by Gasteiger charge is 2.57. The van der Waals surface area contributed by atoms with Crippen LogP contribution in [0.15, 0.2) is 60.7 Å². The second-order valence-corrected chi connectivity index (χ2v) is 13.4. The molecule has 7 nitrogen and oxygen atoms in total. The summed E-state index contributed by atoms with van der Waals surface area (Å²) in [5.74, 6) is -0.470. The Bertz CT molecular complexity index is 1140. The van der Waals surface area contributed by atoms with Gasteiger partial charge in [0.1, 0.15) is 6.10 Å². The van der Waals surface area contributed by atoms with Crippen LogP contribution in [0, 0.1) is 0 Å². The van der Waals surface area contributed by atoms with Gasteiger partial charge >= 0.3 is 12.1 Å². The topological polar surface area (TPSA) is 71.1 Å². The lowest BCUT2D eigenvalue weighted by Crippen LogP contribution is -2.60. The first-order valence-corrected chi connectivity index (χ1v) is 17.7. The van der Waals surface area contributed by atoms with Crippen molar-refractivity contribution < 1.29 is 33.0 Å². The van der Waals surface area contributed by atoms with Crippen LogP contribution in [-0.4, -0.2) is 60.8 Å². The number of hydrogen-bond donors (Lipinski definition) is 0. The molecule has 3 aliphatic rings. The molecule has 0 N–H and O–H groups in total. The van der Waals surface area contributed by atoms with Crippen molar-refractivity contribution in [2.45, 2.75) is 134 Å². The Labute approximate surface area is 270 Å². The molecule has 45 heavy (non-hydrogen) atoms. The third kappa shape index (κ3) is 7.91. The molecule has 3 aliphatic heterocycles. The maximum atomic E-state index is 14.5. The fourth-order valence-corrected chi connectivity index (χ4v) is 8.31. The first-order valence-electron chi connectivity index (χ1n) is 17.7. The van der Waals surface area contributed by atoms with Gasteiger partial charge in [0.25, 0.3) is 0 Å². The van der Waals surface area contributed by atoms with Crippen molar-refractivity contribution in [3.8, 4) is 0 Å². The molecule has 3 heterocycles. The lowest BCUT2D eigenvalue weighted by Gasteiger charge is -2.47. The fourth-order valence-electron chi connectivity index (χ4n) is 8.31. The van der Waals surface area contributed by atoms with Gasteiger partial charge in [0, 0.05) is 38.5 Å². The number of ether oxygens (including phenoxy) is 4. The van der Waals surface area contributed by atoms with Crippen LogP contribution in [0.5, 0.6) is 0 Å². The molecule has 1 spiro atoms. The van der Waals surface area contributed by atoms with Crippen molar-refractivity contribution in [2.75, 3.05) is 19.7 Å². The highest BCUT2D eigenvalue weighted by atomic mass is 16.8. The summed E-state index contributed by atoms with van der Waals surface area (Å²) in [4.78, 5) is 27.2. The van der Waals surface area contributed by atoms with E-state index in [2.05, 4.69) is 6.92 Å². The first-order chi connectivity index (χ1) is 22.0. The van der Waals surface area contributed by atoms with Crippen LogP contribution in [-0.2, 0) is 29.3 Å². The van der Waals surface area contributed by atoms with Crippen molar-refractivity contribution >= 4 is 12.1 Å². The average molecular weight is 621 g/mol. The highest BCUT2D eigenvalue weighted by Crippen LogP contribution is 2.47. The minimum atomic E-state index is -1.61. The summed E-state index contributed by atoms with van der Waals surface area (Å²) in [6, 6.07) is 20.0. The van der Waals surface area contributed by atoms with E-state index in [-0.39, 0.29) is 6.10 Å². The summed E-state index contributed by atoms with van der Waals surface area (Å²) in [7, 11) is 0. The van der Waals surface area contributed by atoms with Crippen LogP contribution in [0.3, 0.4) is 0 Å². The number of quaternary nitrogens is 1. The Kier molecular flexibility index (Phi) is 12.0. The maximum Gasteiger partial charge on any atom is 0.510 e. The second kappa shape index (κ2) is 16.1. The third-order valence-electron chi connectivity index (χ3n) is 10.5. The van der Waals surface area contributed by atoms with Gasteiger partial charge in [0.05, 0.1) is 31.8 Å². The van der Waals surface area contributed by atoms with Crippen molar-refractivity contribution in [1.82, 2.24) is 0 Å². The second-order valence-electron chi connectivity index (χ2n) is 13.4. The van der Waals surface area contributed by atoms with Crippen LogP contribution in [0.1, 0.15) is 115 Å². The molecule has 2 aromatic carbocycles. The molecule has 2 bridgehead atoms. The Morgan fingerprint density at radius 1 is 0.800 bits per heavy atom. The summed E-state index contributed by atoms with van der Waals surface area (Å²) in [5.41, 5.74) is -0.354. The zero-order valence-corrected chi connectivity index (χ0v) is 27.5. The minimum Gasteiger partial charge on any atom is -0.459 e. The Morgan fingerprint density at radius 2 is 1.33 bits per heavy atom. The summed E-state index contributed by atoms with van der Waals surface area (Å²) in [5, 5.41) is 0. The number of carbonyl (C=O) groups is 2. The monoisotopic (exact) mass is 620 g/mol. The quantitative estimate of drug-likeness (QED) is 0.0812. The maximum absolute atomic E-state index is 14.5. The molecular formula is C38H54NO6+. The van der Waals surface area contributed by atoms with Crippen molar-refractivity contribution in [3.63, 3.8) is 0 Å². The third-order valence-corrected chi connectivity index (χ3v) is 10.5. The van der Waals surface area contributed by atoms with Crippen molar-refractivity contribution in [2.24, 2.45) is 0 Å². The number of esters is 1. The van der Waals surface area contributed by atoms with Crippen molar-refractivity contribution in [1.29, 1.82) is 0 Å². The first kappa shape index (κ1) is 33.5. The van der Waals surface area contributed by atoms with Crippen LogP contribution < -0.4 is 0 Å². The number of hydrogen-bond acceptors (Lipinski definition) is 6. The van der Waals surface area contributed by atoms with Crippen LogP contribution in [0.4, 0.5) is 4.79 Å². The van der Waals surface area contributed by atoms with Gasteiger partial charge in [-0.3, -0.25) is 0 Å². The lowest BCUT2D eigenvalue weighted by molar-refractivity contribution is -0.956. The molecule has 3 fully saturated rings. The van der Waals surface area contributed by atoms with Gasteiger partial charge in [0.2, 0.25) is 11.9 Å². The Hall–Kier alpha value is -2.90. The molecular weight excluding hydrogens is 566 g/mol. The van der Waals surface area contributed by atoms with Gasteiger partial charge in [-0.1, -0.05) is 113 Å². The molecule has 3 saturated heterocycles. The van der Waals surface area contributed by atoms with E-state index in [0.29, 0.717) is 29.8 Å². The minimum absolute atomic E-state index is 0.164. The zero-order chi connectivity index (χ0) is 31.5. The zero-order valence-electron chi connectivity index (χ0n) is 27.5. The predicted molar refractivity (Wildman–Crippen MR) is 174 cm³/mol. The van der Waals surface area contributed by atoms with E-state index in [4.69, 9.17) is 18.9 Å². The molecule has 2 aromatic rings. The van der Waals surface area contributed by atoms with Gasteiger partial charge in [-0.2, -0.15) is 0 Å². The molecule has 0 saturated carbocycles. The standard InChI is InChI=1S/C38H54NO6/c1-3-4-5-6-7-8-9-18-27-42-37(41)43-30(2)45-38(31-19-12-10-13-20-31,32-21-14-11-15-22-32)36(40)44-35-28-33-23-24-34(29-35)39(33)25-16-17-26-39/h10-15,19-22,30,33-35H,3-9,16-18,23-29H2,1-2H3/q+1. The van der Waals surface area contributed by atoms with E-state index in [1.807, 2.05) is 60.7 Å². The fraction of sp³-hybridized carbons (Fsp3) is 0.632. The van der Waals surface area contributed by atoms with Crippen LogP contribution >= 0.6 is 0 Å². The molecule has 5 rings (SSSR count). The summed E-state index contributed by atoms with van der Waals surface area (Å²) >= 11 is 0. The predicted octanol–water partition coefficient (Wildman–Crippen LogP) is 8.43. The number of benzene rings is 2. The van der Waals surface area contributed by atoms with Gasteiger partial charge < -0.3 is 23.4 Å². The van der Waals surface area contributed by atoms with E-state index >= 15 is 0 Å². The van der Waals surface area contributed by atoms with Gasteiger partial charge in [0.15, 0.2) is 0 Å². The van der Waals surface area contributed by atoms with Crippen LogP contribution in [0.25, 0.3) is 0 Å². The molecule has 246 valence electrons. The molecule has 3 atom stereocenters. The van der Waals surface area contributed by atoms with E-state index in [0.717, 1.165) is 32.1 Å². The van der Waals surface area contributed by atoms with E-state index in [1.165, 1.54) is 75.4 Å². The van der Waals surface area contributed by atoms with Gasteiger partial charge in [-0.05, 0) is 24.5 Å².